The van der Waals surface area contributed by atoms with Gasteiger partial charge < -0.3 is 0 Å². The van der Waals surface area contributed by atoms with Crippen molar-refractivity contribution in [3.8, 4) is 0 Å². The van der Waals surface area contributed by atoms with Crippen LogP contribution in [-0.4, -0.2) is 119 Å². The molecule has 16 heteroatoms. The Morgan fingerprint density at radius 2 is 0.443 bits per heavy atom. The van der Waals surface area contributed by atoms with Gasteiger partial charge in [-0.15, -0.1) is 0 Å². The van der Waals surface area contributed by atoms with E-state index in [4.69, 9.17) is 0 Å². The van der Waals surface area contributed by atoms with Gasteiger partial charge in [0, 0.05) is 0 Å². The summed E-state index contributed by atoms with van der Waals surface area (Å²) in [6, 6.07) is 12.1. The molecule has 70 heavy (non-hydrogen) atoms. The van der Waals surface area contributed by atoms with Crippen molar-refractivity contribution in [3.63, 3.8) is 0 Å². The molecule has 0 aliphatic carbocycles. The van der Waals surface area contributed by atoms with Gasteiger partial charge in [-0.1, -0.05) is 0 Å². The zero-order valence-electron chi connectivity index (χ0n) is 53.7. The van der Waals surface area contributed by atoms with Gasteiger partial charge in [0.25, 0.3) is 0 Å². The van der Waals surface area contributed by atoms with Gasteiger partial charge in [0.05, 0.1) is 0 Å². The van der Waals surface area contributed by atoms with Crippen molar-refractivity contribution in [1.29, 1.82) is 0 Å². The van der Waals surface area contributed by atoms with E-state index < -0.39 is 114 Å². The van der Waals surface area contributed by atoms with Crippen LogP contribution in [0.2, 0.25) is 236 Å². The summed E-state index contributed by atoms with van der Waals surface area (Å²) in [5.41, 5.74) is 13.2. The van der Waals surface area contributed by atoms with Crippen molar-refractivity contribution in [2.45, 2.75) is 267 Å². The molecule has 1 aliphatic rings. The normalized spacial score (nSPS) is 16.6. The number of benzene rings is 2. The van der Waals surface area contributed by atoms with Crippen LogP contribution in [0.1, 0.15) is 64.4 Å². The van der Waals surface area contributed by atoms with E-state index in [9.17, 15) is 0 Å². The van der Waals surface area contributed by atoms with Crippen LogP contribution in [0.25, 0.3) is 0 Å². The summed E-state index contributed by atoms with van der Waals surface area (Å²) in [5, 5.41) is 5.12. The summed E-state index contributed by atoms with van der Waals surface area (Å²) in [7, 11) is -14.1. The molecule has 0 unspecified atom stereocenters. The molecule has 0 atom stereocenters. The Hall–Kier alpha value is 2.61. The summed E-state index contributed by atoms with van der Waals surface area (Å²) in [6.45, 7) is 99.3. The first-order valence-corrected chi connectivity index (χ1v) is 81.0. The van der Waals surface area contributed by atoms with Gasteiger partial charge in [0.2, 0.25) is 0 Å². The Morgan fingerprint density at radius 3 is 0.629 bits per heavy atom. The molecule has 0 saturated carbocycles. The molecule has 401 valence electrons. The molecule has 1 aliphatic heterocycles. The van der Waals surface area contributed by atoms with Crippen LogP contribution >= 0.6 is 17.6 Å². The van der Waals surface area contributed by atoms with Crippen molar-refractivity contribution < 1.29 is 0 Å². The minimum atomic E-state index is -2.40. The van der Waals surface area contributed by atoms with Gasteiger partial charge in [-0.2, -0.15) is 0 Å². The van der Waals surface area contributed by atoms with E-state index in [2.05, 4.69) is 281 Å². The standard InChI is InChI=1S/C27H59BS2Si6.C27H59Si6.Sn/c1-31(2,3)25(32(4,5)6)21-19-22(26(33(7,8)9)34(10,11)12)24(28(29)30)23(20-21)27(35(13,14)15)36(16,17)18;1-28(2,3)25(29(4,5)6)22-19-23(26(30(7,8)9)31(10,11)12)21-24(20-22)27(32(13,14)15)33(16,17)18;/h19-20,25-27H,1-18H3;19-20,25-27H,1-18H3;/q-2;;+2. The molecule has 3 rings (SSSR count). The zero-order valence-corrected chi connectivity index (χ0v) is 70.2. The molecule has 0 nitrogen and oxygen atoms in total. The summed E-state index contributed by atoms with van der Waals surface area (Å²) in [6.07, 6.45) is 0. The molecule has 1 radical (unpaired) electrons. The third-order valence-electron chi connectivity index (χ3n) is 15.7. The monoisotopic (exact) mass is 1300 g/mol. The summed E-state index contributed by atoms with van der Waals surface area (Å²) in [5.74, 6) is 0. The molecule has 0 spiro atoms. The van der Waals surface area contributed by atoms with Crippen molar-refractivity contribution in [1.82, 2.24) is 0 Å². The quantitative estimate of drug-likeness (QED) is 0.121. The summed E-state index contributed by atoms with van der Waals surface area (Å²) < 4.78 is 2.06. The van der Waals surface area contributed by atoms with Gasteiger partial charge >= 0.3 is 470 Å². The van der Waals surface area contributed by atoms with Crippen molar-refractivity contribution >= 4 is 146 Å². The fourth-order valence-corrected chi connectivity index (χ4v) is 116. The molecule has 0 bridgehead atoms. The van der Waals surface area contributed by atoms with Crippen LogP contribution in [0.4, 0.5) is 0 Å². The molecule has 1 saturated heterocycles. The van der Waals surface area contributed by atoms with Crippen molar-refractivity contribution in [2.75, 3.05) is 0 Å². The van der Waals surface area contributed by atoms with Crippen molar-refractivity contribution in [3.05, 3.63) is 57.6 Å². The van der Waals surface area contributed by atoms with Gasteiger partial charge in [0.15, 0.2) is 0 Å². The first-order valence-electron chi connectivity index (χ1n) is 27.9. The predicted octanol–water partition coefficient (Wildman–Crippen LogP) is 19.3. The van der Waals surface area contributed by atoms with E-state index in [0.29, 0.717) is 5.27 Å². The second-order valence-electron chi connectivity index (χ2n) is 36.0. The fourth-order valence-electron chi connectivity index (χ4n) is 17.2. The number of rotatable bonds is 20. The molecule has 1 fully saturated rings. The SMILES string of the molecule is C[Si](C)(C)C(c1cc(C([Si](C)(C)C)[Si](C)(C)C)c(B2[S][Sn]([c]3c(C([Si](C)(C)C)[Si](C)(C)C)cc(C([Si](C)(C)C)[Si](C)(C)C)cc3C([Si](C)(C)C)[Si](C)(C)C)[S]2)c(C([Si](C)(C)C)[Si](C)(C)C)c1)[Si](C)(C)C. The van der Waals surface area contributed by atoms with E-state index in [1.54, 1.807) is 5.56 Å². The topological polar surface area (TPSA) is 0 Å². The first kappa shape index (κ1) is 66.9. The van der Waals surface area contributed by atoms with Crippen LogP contribution in [0.15, 0.2) is 24.3 Å². The molecule has 0 N–H and O–H groups in total. The Morgan fingerprint density at radius 1 is 0.271 bits per heavy atom. The van der Waals surface area contributed by atoms with Gasteiger partial charge in [0.1, 0.15) is 0 Å². The summed E-state index contributed by atoms with van der Waals surface area (Å²) in [4.78, 5) is 0. The Bertz CT molecular complexity index is 1800. The number of hydrogen-bond acceptors (Lipinski definition) is 2. The molecule has 1 heterocycles. The molecule has 0 aromatic heterocycles. The van der Waals surface area contributed by atoms with Crippen LogP contribution in [0.5, 0.6) is 0 Å². The van der Waals surface area contributed by atoms with Gasteiger partial charge in [-0.05, 0) is 0 Å². The van der Waals surface area contributed by atoms with Crippen LogP contribution in [0, 0.1) is 0 Å². The average Bonchev–Trinajstić information content (AvgIpc) is 2.93. The minimum absolute atomic E-state index is 0.572. The first-order chi connectivity index (χ1) is 30.4. The Labute approximate surface area is 465 Å². The maximum absolute atomic E-state index is 3.03. The third-order valence-corrected chi connectivity index (χ3v) is 93.4. The van der Waals surface area contributed by atoms with Gasteiger partial charge in [-0.3, -0.25) is 0 Å². The second-order valence-corrected chi connectivity index (χ2v) is 119. The molecule has 2 aromatic rings. The van der Waals surface area contributed by atoms with E-state index in [1.807, 2.05) is 33.3 Å². The second kappa shape index (κ2) is 21.6. The molecular formula is C54H118BS2Si12Sn. The molecule has 0 amide bonds. The average molecular weight is 1300 g/mol. The maximum atomic E-state index is 3.03. The fraction of sp³-hybridized carbons (Fsp3) is 0.778. The van der Waals surface area contributed by atoms with E-state index in [1.165, 1.54) is 0 Å². The van der Waals surface area contributed by atoms with Crippen LogP contribution in [-0.2, 0) is 0 Å². The molecular weight excluding hydrogens is 1180 g/mol. The number of hydrogen-bond donors (Lipinski definition) is 0. The Balaban J connectivity index is 2.82. The van der Waals surface area contributed by atoms with E-state index in [0.717, 1.165) is 31.0 Å². The zero-order chi connectivity index (χ0) is 55.5. The van der Waals surface area contributed by atoms with E-state index >= 15 is 0 Å². The van der Waals surface area contributed by atoms with Gasteiger partial charge in [-0.25, -0.2) is 0 Å². The Kier molecular flexibility index (Phi) is 20.6. The van der Waals surface area contributed by atoms with Crippen LogP contribution in [0.3, 0.4) is 0 Å². The van der Waals surface area contributed by atoms with Crippen LogP contribution < -0.4 is 9.04 Å². The summed E-state index contributed by atoms with van der Waals surface area (Å²) >= 11 is -2.40. The third kappa shape index (κ3) is 15.9. The van der Waals surface area contributed by atoms with Crippen molar-refractivity contribution in [2.24, 2.45) is 0 Å². The predicted molar refractivity (Wildman–Crippen MR) is 375 cm³/mol. The van der Waals surface area contributed by atoms with E-state index in [-0.39, 0.29) is 0 Å². The molecule has 2 aromatic carbocycles.